The Bertz CT molecular complexity index is 4120. The SMILES string of the molecule is CCN(c1ccc(Nc2ccc(Nc3ccccc3C)cc2)c(C)c1)c1ccc(Nc2ccc(Nc3ccccc3C)cc2)c(CCCN(c2ccc(Nc3ccc(Nc4ccccc4)cc3)cc2)c2ccc(Nc3ccc(Nc4ccccc4)cc3)cc2)c1. The fourth-order valence-corrected chi connectivity index (χ4v) is 11.1. The maximum atomic E-state index is 3.84. The van der Waals surface area contributed by atoms with E-state index in [1.807, 2.05) is 36.4 Å². The van der Waals surface area contributed by atoms with Gasteiger partial charge in [0.05, 0.1) is 0 Å². The lowest BCUT2D eigenvalue weighted by molar-refractivity contribution is 0.808. The average molecular weight is 1180 g/mol. The summed E-state index contributed by atoms with van der Waals surface area (Å²) in [6.07, 6.45) is 1.69. The van der Waals surface area contributed by atoms with Crippen LogP contribution in [0, 0.1) is 20.8 Å². The number of hydrogen-bond acceptors (Lipinski definition) is 10. The highest BCUT2D eigenvalue weighted by Crippen LogP contribution is 2.37. The lowest BCUT2D eigenvalue weighted by atomic mass is 10.0. The normalized spacial score (nSPS) is 10.8. The molecule has 0 saturated heterocycles. The predicted molar refractivity (Wildman–Crippen MR) is 386 cm³/mol. The van der Waals surface area contributed by atoms with Crippen LogP contribution in [0.4, 0.5) is 114 Å². The third-order valence-corrected chi connectivity index (χ3v) is 16.1. The Hall–Kier alpha value is -11.4. The van der Waals surface area contributed by atoms with Gasteiger partial charge in [-0.15, -0.1) is 0 Å². The summed E-state index contributed by atoms with van der Waals surface area (Å²) < 4.78 is 0. The quantitative estimate of drug-likeness (QED) is 0.0282. The fourth-order valence-electron chi connectivity index (χ4n) is 11.1. The first-order valence-electron chi connectivity index (χ1n) is 31.0. The molecule has 10 nitrogen and oxygen atoms in total. The summed E-state index contributed by atoms with van der Waals surface area (Å²) in [5, 5.41) is 28.9. The van der Waals surface area contributed by atoms with Crippen LogP contribution in [0.5, 0.6) is 0 Å². The second kappa shape index (κ2) is 28.4. The molecular weight excluding hydrogens is 1100 g/mol. The summed E-state index contributed by atoms with van der Waals surface area (Å²) in [4.78, 5) is 4.85. The van der Waals surface area contributed by atoms with Gasteiger partial charge in [0.1, 0.15) is 0 Å². The number of hydrogen-bond donors (Lipinski definition) is 8. The Kier molecular flexibility index (Phi) is 18.6. The monoisotopic (exact) mass is 1180 g/mol. The smallest absolute Gasteiger partial charge is 0.0418 e. The molecule has 12 rings (SSSR count). The topological polar surface area (TPSA) is 103 Å². The maximum Gasteiger partial charge on any atom is 0.0418 e. The second-order valence-electron chi connectivity index (χ2n) is 22.6. The fraction of sp³-hybridized carbons (Fsp3) is 0.100. The van der Waals surface area contributed by atoms with E-state index in [1.54, 1.807) is 0 Å². The van der Waals surface area contributed by atoms with Gasteiger partial charge in [0.2, 0.25) is 0 Å². The number of aryl methyl sites for hydroxylation is 4. The van der Waals surface area contributed by atoms with Crippen LogP contribution in [0.15, 0.2) is 291 Å². The summed E-state index contributed by atoms with van der Waals surface area (Å²) >= 11 is 0. The lowest BCUT2D eigenvalue weighted by Gasteiger charge is -2.27. The van der Waals surface area contributed by atoms with E-state index in [0.717, 1.165) is 145 Å². The van der Waals surface area contributed by atoms with E-state index in [0.29, 0.717) is 0 Å². The Morgan fingerprint density at radius 2 is 0.533 bits per heavy atom. The van der Waals surface area contributed by atoms with Crippen LogP contribution in [0.2, 0.25) is 0 Å². The molecule has 12 aromatic rings. The van der Waals surface area contributed by atoms with Crippen LogP contribution >= 0.6 is 0 Å². The van der Waals surface area contributed by atoms with E-state index < -0.39 is 0 Å². The van der Waals surface area contributed by atoms with Crippen LogP contribution in [-0.2, 0) is 6.42 Å². The zero-order valence-electron chi connectivity index (χ0n) is 51.4. The Morgan fingerprint density at radius 1 is 0.244 bits per heavy atom. The van der Waals surface area contributed by atoms with Gasteiger partial charge in [-0.3, -0.25) is 0 Å². The lowest BCUT2D eigenvalue weighted by Crippen LogP contribution is -2.19. The molecule has 0 amide bonds. The van der Waals surface area contributed by atoms with Gasteiger partial charge in [0, 0.05) is 127 Å². The number of nitrogens with one attached hydrogen (secondary N) is 8. The van der Waals surface area contributed by atoms with Gasteiger partial charge < -0.3 is 52.3 Å². The summed E-state index contributed by atoms with van der Waals surface area (Å²) in [5.41, 5.74) is 26.0. The van der Waals surface area contributed by atoms with Crippen LogP contribution in [0.1, 0.15) is 35.6 Å². The zero-order valence-corrected chi connectivity index (χ0v) is 51.4. The second-order valence-corrected chi connectivity index (χ2v) is 22.6. The number of nitrogens with zero attached hydrogens (tertiary/aromatic N) is 2. The van der Waals surface area contributed by atoms with Gasteiger partial charge in [-0.05, 0) is 281 Å². The van der Waals surface area contributed by atoms with E-state index in [2.05, 4.69) is 335 Å². The molecule has 0 fully saturated rings. The standard InChI is InChI=1S/C80H76N10/c1-5-89(75-50-52-79(59(4)55-75)87-71-36-34-69(35-37-71)85-77-24-14-12-17-57(77)2)76-51-53-80(88-72-40-38-70(39-41-72)86-78-25-15-13-18-58(78)3)60(56-76)19-16-54-90(73-46-42-67(43-47-73)83-65-30-26-63(27-31-65)81-61-20-8-6-9-21-61)74-48-44-68(45-49-74)84-66-32-28-64(29-33-66)82-62-22-10-7-11-23-62/h6-15,17-18,20-53,55-56,81-88H,5,16,19,54H2,1-4H3. The molecule has 90 heavy (non-hydrogen) atoms. The molecular formula is C80H76N10. The first-order valence-corrected chi connectivity index (χ1v) is 31.0. The van der Waals surface area contributed by atoms with Crippen molar-refractivity contribution in [3.05, 3.63) is 313 Å². The average Bonchev–Trinajstić information content (AvgIpc) is 1.54. The summed E-state index contributed by atoms with van der Waals surface area (Å²) in [7, 11) is 0. The summed E-state index contributed by atoms with van der Waals surface area (Å²) in [5.74, 6) is 0. The van der Waals surface area contributed by atoms with E-state index >= 15 is 0 Å². The van der Waals surface area contributed by atoms with E-state index in [9.17, 15) is 0 Å². The van der Waals surface area contributed by atoms with Gasteiger partial charge in [-0.2, -0.15) is 0 Å². The van der Waals surface area contributed by atoms with E-state index in [4.69, 9.17) is 0 Å². The van der Waals surface area contributed by atoms with Crippen LogP contribution in [0.25, 0.3) is 0 Å². The van der Waals surface area contributed by atoms with Crippen molar-refractivity contribution in [2.45, 2.75) is 40.5 Å². The molecule has 0 atom stereocenters. The van der Waals surface area contributed by atoms with Gasteiger partial charge in [0.15, 0.2) is 0 Å². The van der Waals surface area contributed by atoms with Gasteiger partial charge in [0.25, 0.3) is 0 Å². The predicted octanol–water partition coefficient (Wildman–Crippen LogP) is 22.5. The molecule has 0 aliphatic heterocycles. The van der Waals surface area contributed by atoms with Gasteiger partial charge in [-0.1, -0.05) is 72.8 Å². The Morgan fingerprint density at radius 3 is 0.900 bits per heavy atom. The van der Waals surface area contributed by atoms with Crippen molar-refractivity contribution in [2.75, 3.05) is 65.4 Å². The van der Waals surface area contributed by atoms with Crippen LogP contribution < -0.4 is 52.3 Å². The molecule has 8 N–H and O–H groups in total. The minimum Gasteiger partial charge on any atom is -0.356 e. The molecule has 0 aliphatic carbocycles. The molecule has 0 unspecified atom stereocenters. The molecule has 446 valence electrons. The van der Waals surface area contributed by atoms with Crippen LogP contribution in [0.3, 0.4) is 0 Å². The molecule has 0 radical (unpaired) electrons. The molecule has 10 heteroatoms. The Balaban J connectivity index is 0.792. The van der Waals surface area contributed by atoms with Crippen molar-refractivity contribution < 1.29 is 0 Å². The highest BCUT2D eigenvalue weighted by Gasteiger charge is 2.16. The Labute approximate surface area is 530 Å². The summed E-state index contributed by atoms with van der Waals surface area (Å²) in [6.45, 7) is 10.2. The van der Waals surface area contributed by atoms with Crippen molar-refractivity contribution in [1.29, 1.82) is 0 Å². The van der Waals surface area contributed by atoms with Crippen molar-refractivity contribution in [2.24, 2.45) is 0 Å². The first-order chi connectivity index (χ1) is 44.2. The number of anilines is 20. The first kappa shape index (κ1) is 59.0. The molecule has 0 saturated carbocycles. The van der Waals surface area contributed by atoms with E-state index in [-0.39, 0.29) is 0 Å². The van der Waals surface area contributed by atoms with Crippen molar-refractivity contribution in [3.63, 3.8) is 0 Å². The molecule has 0 heterocycles. The number of rotatable bonds is 25. The highest BCUT2D eigenvalue weighted by atomic mass is 15.1. The van der Waals surface area contributed by atoms with Crippen molar-refractivity contribution in [1.82, 2.24) is 0 Å². The highest BCUT2D eigenvalue weighted by molar-refractivity contribution is 5.77. The van der Waals surface area contributed by atoms with E-state index in [1.165, 1.54) is 16.7 Å². The maximum absolute atomic E-state index is 3.84. The third kappa shape index (κ3) is 15.4. The summed E-state index contributed by atoms with van der Waals surface area (Å²) in [6, 6.07) is 102. The molecule has 0 spiro atoms. The largest absolute Gasteiger partial charge is 0.356 e. The zero-order chi connectivity index (χ0) is 61.4. The number of para-hydroxylation sites is 4. The molecule has 0 aliphatic rings. The van der Waals surface area contributed by atoms with Crippen molar-refractivity contribution >= 4 is 114 Å². The molecule has 0 aromatic heterocycles. The third-order valence-electron chi connectivity index (χ3n) is 16.1. The molecule has 12 aromatic carbocycles. The minimum absolute atomic E-state index is 0.769. The molecule has 0 bridgehead atoms. The number of benzene rings is 12. The van der Waals surface area contributed by atoms with Gasteiger partial charge >= 0.3 is 0 Å². The van der Waals surface area contributed by atoms with Crippen molar-refractivity contribution in [3.8, 4) is 0 Å². The minimum atomic E-state index is 0.769. The van der Waals surface area contributed by atoms with Gasteiger partial charge in [-0.25, -0.2) is 0 Å². The van der Waals surface area contributed by atoms with Crippen LogP contribution in [-0.4, -0.2) is 13.1 Å².